The maximum Gasteiger partial charge on any atom is 0.130 e. The van der Waals surface area contributed by atoms with E-state index in [9.17, 15) is 5.11 Å². The lowest BCUT2D eigenvalue weighted by Crippen LogP contribution is -2.29. The van der Waals surface area contributed by atoms with Crippen LogP contribution in [0.3, 0.4) is 0 Å². The molecular formula is C32H36N4O2. The van der Waals surface area contributed by atoms with E-state index in [4.69, 9.17) is 15.5 Å². The third-order valence-corrected chi connectivity index (χ3v) is 6.37. The minimum Gasteiger partial charge on any atom is -0.487 e. The molecule has 0 spiro atoms. The molecule has 0 amide bonds. The smallest absolute Gasteiger partial charge is 0.130 e. The molecule has 4 aromatic rings. The van der Waals surface area contributed by atoms with Crippen molar-refractivity contribution >= 4 is 28.4 Å². The summed E-state index contributed by atoms with van der Waals surface area (Å²) in [6, 6.07) is 23.7. The zero-order valence-corrected chi connectivity index (χ0v) is 22.6. The Morgan fingerprint density at radius 1 is 0.921 bits per heavy atom. The van der Waals surface area contributed by atoms with Gasteiger partial charge in [0, 0.05) is 41.9 Å². The van der Waals surface area contributed by atoms with Crippen molar-refractivity contribution in [1.29, 1.82) is 0 Å². The summed E-state index contributed by atoms with van der Waals surface area (Å²) in [6.45, 7) is 8.70. The van der Waals surface area contributed by atoms with Gasteiger partial charge >= 0.3 is 0 Å². The van der Waals surface area contributed by atoms with E-state index in [1.165, 1.54) is 0 Å². The summed E-state index contributed by atoms with van der Waals surface area (Å²) in [7, 11) is 0. The van der Waals surface area contributed by atoms with Crippen LogP contribution in [0.4, 0.5) is 0 Å². The van der Waals surface area contributed by atoms with Crippen molar-refractivity contribution in [3.63, 3.8) is 0 Å². The largest absolute Gasteiger partial charge is 0.487 e. The van der Waals surface area contributed by atoms with Crippen molar-refractivity contribution in [3.05, 3.63) is 102 Å². The van der Waals surface area contributed by atoms with E-state index in [0.717, 1.165) is 45.5 Å². The van der Waals surface area contributed by atoms with Crippen molar-refractivity contribution in [1.82, 2.24) is 9.97 Å². The monoisotopic (exact) mass is 508 g/mol. The summed E-state index contributed by atoms with van der Waals surface area (Å²) < 4.78 is 6.00. The molecule has 0 unspecified atom stereocenters. The average Bonchev–Trinajstić information content (AvgIpc) is 2.92. The first-order chi connectivity index (χ1) is 18.2. The highest BCUT2D eigenvalue weighted by Gasteiger charge is 2.27. The SMILES string of the molecule is CC(C)(CO)CC(C)(C)N=CC(=C(N)c1ccc(OCc2ccc3ccccc3n2)cc1)c1ccncc1. The Balaban J connectivity index is 1.55. The predicted octanol–water partition coefficient (Wildman–Crippen LogP) is 6.29. The third-order valence-electron chi connectivity index (χ3n) is 6.37. The van der Waals surface area contributed by atoms with Crippen LogP contribution in [-0.2, 0) is 6.61 Å². The maximum absolute atomic E-state index is 9.72. The van der Waals surface area contributed by atoms with E-state index in [0.29, 0.717) is 12.3 Å². The molecule has 0 atom stereocenters. The third kappa shape index (κ3) is 7.05. The zero-order chi connectivity index (χ0) is 27.2. The maximum atomic E-state index is 9.72. The second-order valence-corrected chi connectivity index (χ2v) is 10.9. The van der Waals surface area contributed by atoms with Gasteiger partial charge in [-0.1, -0.05) is 38.1 Å². The minimum atomic E-state index is -0.376. The molecule has 6 nitrogen and oxygen atoms in total. The summed E-state index contributed by atoms with van der Waals surface area (Å²) in [5.41, 5.74) is 11.1. The summed E-state index contributed by atoms with van der Waals surface area (Å²) in [5.74, 6) is 0.739. The van der Waals surface area contributed by atoms with Crippen LogP contribution >= 0.6 is 0 Å². The standard InChI is InChI=1S/C32H36N4O2/c1-31(2,22-37)21-32(3,4)35-19-28(23-15-17-34-18-16-23)30(33)25-10-13-27(14-11-25)38-20-26-12-9-24-7-5-6-8-29(24)36-26/h5-19,37H,20-22,33H2,1-4H3. The fraction of sp³-hybridized carbons (Fsp3) is 0.281. The van der Waals surface area contributed by atoms with Crippen LogP contribution in [0.15, 0.2) is 90.2 Å². The Hall–Kier alpha value is -4.03. The summed E-state index contributed by atoms with van der Waals surface area (Å²) >= 11 is 0. The molecule has 3 N–H and O–H groups in total. The number of aliphatic imine (C=N–C) groups is 1. The summed E-state index contributed by atoms with van der Waals surface area (Å²) in [4.78, 5) is 13.7. The minimum absolute atomic E-state index is 0.104. The molecule has 0 aliphatic heterocycles. The van der Waals surface area contributed by atoms with E-state index in [1.807, 2.05) is 86.8 Å². The summed E-state index contributed by atoms with van der Waals surface area (Å²) in [5, 5.41) is 10.8. The molecule has 196 valence electrons. The number of ether oxygens (including phenoxy) is 1. The Morgan fingerprint density at radius 2 is 1.63 bits per heavy atom. The number of hydrogen-bond donors (Lipinski definition) is 2. The number of aromatic nitrogens is 2. The van der Waals surface area contributed by atoms with Gasteiger partial charge < -0.3 is 15.6 Å². The molecule has 0 radical (unpaired) electrons. The number of rotatable bonds is 10. The number of nitrogens with two attached hydrogens (primary N) is 1. The highest BCUT2D eigenvalue weighted by atomic mass is 16.5. The predicted molar refractivity (Wildman–Crippen MR) is 156 cm³/mol. The quantitative estimate of drug-likeness (QED) is 0.245. The number of nitrogens with zero attached hydrogens (tertiary/aromatic N) is 3. The first-order valence-electron chi connectivity index (χ1n) is 12.8. The van der Waals surface area contributed by atoms with Crippen LogP contribution in [0, 0.1) is 5.41 Å². The Bertz CT molecular complexity index is 1430. The van der Waals surface area contributed by atoms with Crippen molar-refractivity contribution < 1.29 is 9.84 Å². The molecule has 4 rings (SSSR count). The van der Waals surface area contributed by atoms with Crippen molar-refractivity contribution in [3.8, 4) is 5.75 Å². The lowest BCUT2D eigenvalue weighted by molar-refractivity contribution is 0.129. The van der Waals surface area contributed by atoms with Gasteiger partial charge in [0.1, 0.15) is 12.4 Å². The second kappa shape index (κ2) is 11.6. The zero-order valence-electron chi connectivity index (χ0n) is 22.6. The number of allylic oxidation sites excluding steroid dienone is 1. The van der Waals surface area contributed by atoms with E-state index in [-0.39, 0.29) is 17.6 Å². The second-order valence-electron chi connectivity index (χ2n) is 10.9. The summed E-state index contributed by atoms with van der Waals surface area (Å²) in [6.07, 6.45) is 6.06. The van der Waals surface area contributed by atoms with Gasteiger partial charge in [-0.05, 0) is 85.3 Å². The first kappa shape index (κ1) is 27.0. The molecule has 0 saturated carbocycles. The number of hydrogen-bond acceptors (Lipinski definition) is 6. The van der Waals surface area contributed by atoms with Gasteiger partial charge in [-0.15, -0.1) is 0 Å². The highest BCUT2D eigenvalue weighted by molar-refractivity contribution is 6.18. The van der Waals surface area contributed by atoms with Gasteiger partial charge in [-0.25, -0.2) is 4.98 Å². The number of para-hydroxylation sites is 1. The number of fused-ring (bicyclic) bond motifs is 1. The molecule has 0 aliphatic carbocycles. The van der Waals surface area contributed by atoms with E-state index in [1.54, 1.807) is 12.4 Å². The highest BCUT2D eigenvalue weighted by Crippen LogP contribution is 2.31. The number of pyridine rings is 2. The van der Waals surface area contributed by atoms with E-state index in [2.05, 4.69) is 29.9 Å². The van der Waals surface area contributed by atoms with E-state index < -0.39 is 0 Å². The molecule has 0 aliphatic rings. The number of aliphatic hydroxyl groups excluding tert-OH is 1. The van der Waals surface area contributed by atoms with Gasteiger partial charge in [0.15, 0.2) is 0 Å². The molecule has 2 aromatic heterocycles. The van der Waals surface area contributed by atoms with E-state index >= 15 is 0 Å². The van der Waals surface area contributed by atoms with Crippen LogP contribution < -0.4 is 10.5 Å². The van der Waals surface area contributed by atoms with Gasteiger partial charge in [0.05, 0.1) is 16.7 Å². The lowest BCUT2D eigenvalue weighted by atomic mass is 9.81. The van der Waals surface area contributed by atoms with Crippen LogP contribution in [0.1, 0.15) is 50.9 Å². The fourth-order valence-corrected chi connectivity index (χ4v) is 4.58. The van der Waals surface area contributed by atoms with Crippen molar-refractivity contribution in [2.24, 2.45) is 16.1 Å². The Morgan fingerprint density at radius 3 is 2.34 bits per heavy atom. The van der Waals surface area contributed by atoms with Crippen LogP contribution in [0.5, 0.6) is 5.75 Å². The first-order valence-corrected chi connectivity index (χ1v) is 12.8. The Labute approximate surface area is 224 Å². The normalized spacial score (nSPS) is 13.1. The van der Waals surface area contributed by atoms with Gasteiger partial charge in [-0.2, -0.15) is 0 Å². The van der Waals surface area contributed by atoms with Crippen molar-refractivity contribution in [2.45, 2.75) is 46.3 Å². The van der Waals surface area contributed by atoms with Crippen LogP contribution in [0.2, 0.25) is 0 Å². The fourth-order valence-electron chi connectivity index (χ4n) is 4.58. The topological polar surface area (TPSA) is 93.6 Å². The van der Waals surface area contributed by atoms with Crippen LogP contribution in [0.25, 0.3) is 22.2 Å². The number of benzene rings is 2. The molecular weight excluding hydrogens is 472 g/mol. The molecule has 0 saturated heterocycles. The lowest BCUT2D eigenvalue weighted by Gasteiger charge is -2.30. The number of aliphatic hydroxyl groups is 1. The Kier molecular flexibility index (Phi) is 8.23. The van der Waals surface area contributed by atoms with Crippen LogP contribution in [-0.4, -0.2) is 33.4 Å². The molecule has 2 aromatic carbocycles. The molecule has 0 bridgehead atoms. The van der Waals surface area contributed by atoms with Crippen molar-refractivity contribution in [2.75, 3.05) is 6.61 Å². The molecule has 0 fully saturated rings. The molecule has 38 heavy (non-hydrogen) atoms. The van der Waals surface area contributed by atoms with Gasteiger partial charge in [0.25, 0.3) is 0 Å². The van der Waals surface area contributed by atoms with Gasteiger partial charge in [0.2, 0.25) is 0 Å². The average molecular weight is 509 g/mol. The molecule has 6 heteroatoms. The van der Waals surface area contributed by atoms with Gasteiger partial charge in [-0.3, -0.25) is 9.98 Å². The molecule has 2 heterocycles.